The van der Waals surface area contributed by atoms with Crippen LogP contribution in [0.4, 0.5) is 17.6 Å². The van der Waals surface area contributed by atoms with Gasteiger partial charge in [0.2, 0.25) is 0 Å². The first kappa shape index (κ1) is 19.7. The fourth-order valence-electron chi connectivity index (χ4n) is 3.92. The van der Waals surface area contributed by atoms with E-state index >= 15 is 0 Å². The van der Waals surface area contributed by atoms with E-state index in [0.29, 0.717) is 17.7 Å². The van der Waals surface area contributed by atoms with E-state index in [2.05, 4.69) is 6.92 Å². The molecule has 1 nitrogen and oxygen atoms in total. The number of hydrogen-bond donors (Lipinski definition) is 0. The molecule has 0 amide bonds. The fraction of sp³-hybridized carbons (Fsp3) is 0.455. The van der Waals surface area contributed by atoms with Crippen molar-refractivity contribution in [2.45, 2.75) is 58.0 Å². The maximum absolute atomic E-state index is 13.7. The third-order valence-electron chi connectivity index (χ3n) is 5.47. The molecule has 3 rings (SSSR count). The summed E-state index contributed by atoms with van der Waals surface area (Å²) < 4.78 is 58.6. The summed E-state index contributed by atoms with van der Waals surface area (Å²) >= 11 is 0. The van der Waals surface area contributed by atoms with E-state index in [1.807, 2.05) is 12.1 Å². The van der Waals surface area contributed by atoms with Gasteiger partial charge in [0.1, 0.15) is 12.4 Å². The summed E-state index contributed by atoms with van der Waals surface area (Å²) in [5, 5.41) is 0. The molecular weight excluding hydrogens is 356 g/mol. The molecule has 5 heteroatoms. The zero-order valence-electron chi connectivity index (χ0n) is 15.4. The molecule has 0 spiro atoms. The summed E-state index contributed by atoms with van der Waals surface area (Å²) in [6.45, 7) is 1.85. The van der Waals surface area contributed by atoms with Crippen LogP contribution in [0.5, 0.6) is 5.75 Å². The quantitative estimate of drug-likeness (QED) is 0.301. The monoisotopic (exact) mass is 380 g/mol. The molecule has 0 N–H and O–H groups in total. The van der Waals surface area contributed by atoms with Crippen molar-refractivity contribution in [1.29, 1.82) is 0 Å². The lowest BCUT2D eigenvalue weighted by Gasteiger charge is -2.28. The van der Waals surface area contributed by atoms with E-state index in [-0.39, 0.29) is 12.2 Å². The lowest BCUT2D eigenvalue weighted by Crippen LogP contribution is -2.13. The normalized spacial score (nSPS) is 19.9. The van der Waals surface area contributed by atoms with E-state index in [0.717, 1.165) is 5.92 Å². The van der Waals surface area contributed by atoms with E-state index in [1.54, 1.807) is 12.1 Å². The molecule has 1 saturated carbocycles. The Hall–Kier alpha value is -2.04. The van der Waals surface area contributed by atoms with Crippen LogP contribution in [0.25, 0.3) is 0 Å². The number of hydrogen-bond acceptors (Lipinski definition) is 1. The van der Waals surface area contributed by atoms with Crippen LogP contribution in [0.2, 0.25) is 0 Å². The Morgan fingerprint density at radius 1 is 0.889 bits per heavy atom. The fourth-order valence-corrected chi connectivity index (χ4v) is 3.92. The third-order valence-corrected chi connectivity index (χ3v) is 5.47. The van der Waals surface area contributed by atoms with Gasteiger partial charge >= 0.3 is 0 Å². The predicted molar refractivity (Wildman–Crippen MR) is 96.7 cm³/mol. The van der Waals surface area contributed by atoms with Crippen LogP contribution >= 0.6 is 0 Å². The molecule has 0 heterocycles. The molecule has 0 aliphatic heterocycles. The van der Waals surface area contributed by atoms with Crippen molar-refractivity contribution in [1.82, 2.24) is 0 Å². The topological polar surface area (TPSA) is 9.23 Å². The zero-order valence-corrected chi connectivity index (χ0v) is 15.4. The summed E-state index contributed by atoms with van der Waals surface area (Å²) in [5.74, 6) is -4.61. The molecule has 27 heavy (non-hydrogen) atoms. The lowest BCUT2D eigenvalue weighted by molar-refractivity contribution is 0.292. The summed E-state index contributed by atoms with van der Waals surface area (Å²) in [7, 11) is 0. The maximum Gasteiger partial charge on any atom is 0.197 e. The van der Waals surface area contributed by atoms with Crippen molar-refractivity contribution in [2.75, 3.05) is 0 Å². The Bertz CT molecular complexity index is 765. The number of halogens is 4. The molecule has 0 radical (unpaired) electrons. The molecule has 2 aromatic carbocycles. The molecule has 0 atom stereocenters. The molecular formula is C22H24F4O. The molecule has 0 unspecified atom stereocenters. The van der Waals surface area contributed by atoms with Gasteiger partial charge in [-0.25, -0.2) is 17.6 Å². The van der Waals surface area contributed by atoms with Gasteiger partial charge in [-0.15, -0.1) is 0 Å². The molecule has 0 aromatic heterocycles. The molecule has 2 aromatic rings. The van der Waals surface area contributed by atoms with Gasteiger partial charge in [0, 0.05) is 5.56 Å². The highest BCUT2D eigenvalue weighted by atomic mass is 19.2. The summed E-state index contributed by atoms with van der Waals surface area (Å²) in [6, 6.07) is 8.16. The van der Waals surface area contributed by atoms with Crippen molar-refractivity contribution >= 4 is 0 Å². The van der Waals surface area contributed by atoms with Crippen LogP contribution < -0.4 is 4.74 Å². The SMILES string of the molecule is CCCC1CCC(c2ccc(OCc3cc(F)c(F)c(F)c3F)cc2)CC1. The molecule has 0 saturated heterocycles. The molecule has 0 bridgehead atoms. The van der Waals surface area contributed by atoms with Gasteiger partial charge in [-0.2, -0.15) is 0 Å². The highest BCUT2D eigenvalue weighted by molar-refractivity contribution is 5.30. The first-order valence-electron chi connectivity index (χ1n) is 9.54. The number of benzene rings is 2. The van der Waals surface area contributed by atoms with Crippen LogP contribution in [0.1, 0.15) is 62.5 Å². The summed E-state index contributed by atoms with van der Waals surface area (Å²) in [4.78, 5) is 0. The third kappa shape index (κ3) is 4.63. The largest absolute Gasteiger partial charge is 0.489 e. The van der Waals surface area contributed by atoms with Crippen molar-refractivity contribution in [3.63, 3.8) is 0 Å². The zero-order chi connectivity index (χ0) is 19.4. The van der Waals surface area contributed by atoms with Crippen LogP contribution in [-0.4, -0.2) is 0 Å². The van der Waals surface area contributed by atoms with Gasteiger partial charge in [0.05, 0.1) is 0 Å². The Labute approximate surface area is 157 Å². The standard InChI is InChI=1S/C22H24F4O/c1-2-3-14-4-6-15(7-5-14)16-8-10-18(11-9-16)27-13-17-12-19(23)21(25)22(26)20(17)24/h8-12,14-15H,2-7,13H2,1H3. The first-order valence-corrected chi connectivity index (χ1v) is 9.54. The Balaban J connectivity index is 1.59. The first-order chi connectivity index (χ1) is 13.0. The second kappa shape index (κ2) is 8.77. The van der Waals surface area contributed by atoms with Crippen molar-refractivity contribution < 1.29 is 22.3 Å². The maximum atomic E-state index is 13.7. The van der Waals surface area contributed by atoms with Gasteiger partial charge in [-0.05, 0) is 61.3 Å². The lowest BCUT2D eigenvalue weighted by atomic mass is 9.77. The van der Waals surface area contributed by atoms with Gasteiger partial charge in [-0.1, -0.05) is 31.9 Å². The van der Waals surface area contributed by atoms with E-state index in [9.17, 15) is 17.6 Å². The van der Waals surface area contributed by atoms with Crippen LogP contribution in [0, 0.1) is 29.2 Å². The summed E-state index contributed by atoms with van der Waals surface area (Å²) in [5.41, 5.74) is 0.895. The predicted octanol–water partition coefficient (Wildman–Crippen LogP) is 6.90. The average Bonchev–Trinajstić information content (AvgIpc) is 2.69. The van der Waals surface area contributed by atoms with Crippen LogP contribution in [0.3, 0.4) is 0 Å². The number of ether oxygens (including phenoxy) is 1. The van der Waals surface area contributed by atoms with Crippen LogP contribution in [-0.2, 0) is 6.61 Å². The van der Waals surface area contributed by atoms with Crippen molar-refractivity contribution in [3.05, 3.63) is 64.7 Å². The minimum atomic E-state index is -1.82. The highest BCUT2D eigenvalue weighted by Gasteiger charge is 2.22. The van der Waals surface area contributed by atoms with Gasteiger partial charge in [-0.3, -0.25) is 0 Å². The molecule has 146 valence electrons. The molecule has 1 aliphatic rings. The Morgan fingerprint density at radius 3 is 2.19 bits per heavy atom. The number of rotatable bonds is 6. The van der Waals surface area contributed by atoms with Crippen molar-refractivity contribution in [2.24, 2.45) is 5.92 Å². The van der Waals surface area contributed by atoms with E-state index < -0.39 is 23.3 Å². The smallest absolute Gasteiger partial charge is 0.197 e. The minimum Gasteiger partial charge on any atom is -0.489 e. The second-order valence-electron chi connectivity index (χ2n) is 7.32. The van der Waals surface area contributed by atoms with E-state index in [4.69, 9.17) is 4.74 Å². The van der Waals surface area contributed by atoms with Gasteiger partial charge in [0.25, 0.3) is 0 Å². The average molecular weight is 380 g/mol. The second-order valence-corrected chi connectivity index (χ2v) is 7.32. The van der Waals surface area contributed by atoms with Crippen molar-refractivity contribution in [3.8, 4) is 5.75 Å². The Morgan fingerprint density at radius 2 is 1.56 bits per heavy atom. The minimum absolute atomic E-state index is 0.357. The van der Waals surface area contributed by atoms with E-state index in [1.165, 1.54) is 44.1 Å². The molecule has 1 fully saturated rings. The highest BCUT2D eigenvalue weighted by Crippen LogP contribution is 2.37. The van der Waals surface area contributed by atoms with Gasteiger partial charge in [0.15, 0.2) is 23.3 Å². The van der Waals surface area contributed by atoms with Gasteiger partial charge < -0.3 is 4.74 Å². The molecule has 1 aliphatic carbocycles. The van der Waals surface area contributed by atoms with Crippen LogP contribution in [0.15, 0.2) is 30.3 Å². The summed E-state index contributed by atoms with van der Waals surface area (Å²) in [6.07, 6.45) is 7.44. The Kier molecular flexibility index (Phi) is 6.40.